The first kappa shape index (κ1) is 17.6. The number of hydrogen-bond acceptors (Lipinski definition) is 4. The Balaban J connectivity index is 1.52. The Morgan fingerprint density at radius 1 is 1.07 bits per heavy atom. The van der Waals surface area contributed by atoms with E-state index in [-0.39, 0.29) is 11.7 Å². The molecule has 3 aromatic rings. The van der Waals surface area contributed by atoms with Gasteiger partial charge < -0.3 is 14.5 Å². The van der Waals surface area contributed by atoms with Gasteiger partial charge in [0.05, 0.1) is 4.90 Å². The van der Waals surface area contributed by atoms with Gasteiger partial charge in [0.25, 0.3) is 0 Å². The average molecular weight is 398 g/mol. The topological polar surface area (TPSA) is 71.6 Å². The van der Waals surface area contributed by atoms with E-state index in [1.807, 2.05) is 0 Å². The van der Waals surface area contributed by atoms with Crippen molar-refractivity contribution in [1.82, 2.24) is 9.29 Å². The van der Waals surface area contributed by atoms with Gasteiger partial charge in [-0.25, -0.2) is 8.42 Å². The maximum Gasteiger partial charge on any atom is 0.243 e. The maximum absolute atomic E-state index is 13.2. The molecule has 7 heteroatoms. The first-order valence-corrected chi connectivity index (χ1v) is 10.9. The molecule has 0 amide bonds. The molecule has 5 rings (SSSR count). The van der Waals surface area contributed by atoms with Crippen LogP contribution in [0.3, 0.4) is 0 Å². The molecule has 0 fully saturated rings. The lowest BCUT2D eigenvalue weighted by Gasteiger charge is -2.26. The normalized spacial score (nSPS) is 16.7. The summed E-state index contributed by atoms with van der Waals surface area (Å²) >= 11 is 0. The lowest BCUT2D eigenvalue weighted by molar-refractivity contribution is 0.174. The van der Waals surface area contributed by atoms with Crippen molar-refractivity contribution >= 4 is 20.9 Å². The first-order valence-electron chi connectivity index (χ1n) is 9.46. The Kier molecular flexibility index (Phi) is 3.93. The largest absolute Gasteiger partial charge is 0.454 e. The Hall–Kier alpha value is -2.51. The van der Waals surface area contributed by atoms with Crippen LogP contribution in [0.15, 0.2) is 41.3 Å². The van der Waals surface area contributed by atoms with Gasteiger partial charge >= 0.3 is 0 Å². The van der Waals surface area contributed by atoms with Crippen LogP contribution < -0.4 is 9.47 Å². The Morgan fingerprint density at radius 3 is 2.71 bits per heavy atom. The van der Waals surface area contributed by atoms with Gasteiger partial charge in [-0.1, -0.05) is 19.9 Å². The third-order valence-corrected chi connectivity index (χ3v) is 7.45. The summed E-state index contributed by atoms with van der Waals surface area (Å²) in [7, 11) is -3.62. The zero-order chi connectivity index (χ0) is 19.5. The molecule has 0 bridgehead atoms. The monoisotopic (exact) mass is 398 g/mol. The van der Waals surface area contributed by atoms with Crippen molar-refractivity contribution in [2.24, 2.45) is 0 Å². The van der Waals surface area contributed by atoms with Gasteiger partial charge in [-0.2, -0.15) is 4.31 Å². The predicted octanol–water partition coefficient (Wildman–Crippen LogP) is 3.77. The minimum Gasteiger partial charge on any atom is -0.454 e. The van der Waals surface area contributed by atoms with Crippen LogP contribution in [0.1, 0.15) is 36.6 Å². The average Bonchev–Trinajstić information content (AvgIpc) is 3.30. The number of H-pyrrole nitrogens is 1. The van der Waals surface area contributed by atoms with Crippen molar-refractivity contribution in [2.45, 2.75) is 37.6 Å². The molecule has 2 aliphatic heterocycles. The van der Waals surface area contributed by atoms with Gasteiger partial charge in [0.1, 0.15) is 0 Å². The standard InChI is InChI=1S/C21H22N2O4S/c1-13(2)14-3-5-18-16(9-14)17-11-23(8-7-19(17)22-18)28(24,25)15-4-6-20-21(10-15)27-12-26-20/h3-6,9-10,13,22H,7-8,11-12H2,1-2H3. The smallest absolute Gasteiger partial charge is 0.243 e. The van der Waals surface area contributed by atoms with E-state index in [4.69, 9.17) is 9.47 Å². The fourth-order valence-corrected chi connectivity index (χ4v) is 5.38. The number of nitrogens with one attached hydrogen (secondary N) is 1. The van der Waals surface area contributed by atoms with Crippen molar-refractivity contribution < 1.29 is 17.9 Å². The predicted molar refractivity (Wildman–Crippen MR) is 106 cm³/mol. The molecule has 0 aliphatic carbocycles. The summed E-state index contributed by atoms with van der Waals surface area (Å²) in [4.78, 5) is 3.71. The fourth-order valence-electron chi connectivity index (χ4n) is 3.96. The van der Waals surface area contributed by atoms with Gasteiger partial charge in [0.15, 0.2) is 11.5 Å². The molecule has 0 saturated carbocycles. The minimum atomic E-state index is -3.62. The number of ether oxygens (including phenoxy) is 2. The minimum absolute atomic E-state index is 0.124. The Labute approximate surface area is 164 Å². The molecule has 3 heterocycles. The number of hydrogen-bond donors (Lipinski definition) is 1. The van der Waals surface area contributed by atoms with Gasteiger partial charge in [0, 0.05) is 42.2 Å². The number of fused-ring (bicyclic) bond motifs is 4. The Bertz CT molecular complexity index is 1180. The highest BCUT2D eigenvalue weighted by molar-refractivity contribution is 7.89. The second kappa shape index (κ2) is 6.25. The summed E-state index contributed by atoms with van der Waals surface area (Å²) in [5.74, 6) is 1.48. The highest BCUT2D eigenvalue weighted by atomic mass is 32.2. The summed E-state index contributed by atoms with van der Waals surface area (Å²) < 4.78 is 38.7. The molecule has 0 radical (unpaired) electrons. The SMILES string of the molecule is CC(C)c1ccc2[nH]c3c(c2c1)CN(S(=O)(=O)c1ccc2c(c1)OCO2)CC3. The van der Waals surface area contributed by atoms with Crippen LogP contribution in [0, 0.1) is 0 Å². The molecular formula is C21H22N2O4S. The van der Waals surface area contributed by atoms with E-state index in [1.54, 1.807) is 22.5 Å². The molecule has 1 N–H and O–H groups in total. The van der Waals surface area contributed by atoms with Crippen LogP contribution in [-0.2, 0) is 23.0 Å². The van der Waals surface area contributed by atoms with Crippen molar-refractivity contribution in [2.75, 3.05) is 13.3 Å². The number of nitrogens with zero attached hydrogens (tertiary/aromatic N) is 1. The zero-order valence-electron chi connectivity index (χ0n) is 15.9. The summed E-state index contributed by atoms with van der Waals surface area (Å²) in [6.07, 6.45) is 0.671. The molecular weight excluding hydrogens is 376 g/mol. The molecule has 0 atom stereocenters. The molecule has 2 aliphatic rings. The fraction of sp³-hybridized carbons (Fsp3) is 0.333. The van der Waals surface area contributed by atoms with Crippen molar-refractivity contribution in [3.05, 3.63) is 53.2 Å². The van der Waals surface area contributed by atoms with Crippen LogP contribution in [0.25, 0.3) is 10.9 Å². The van der Waals surface area contributed by atoms with E-state index in [1.165, 1.54) is 5.56 Å². The maximum atomic E-state index is 13.2. The zero-order valence-corrected chi connectivity index (χ0v) is 16.7. The van der Waals surface area contributed by atoms with Gasteiger partial charge in [-0.05, 0) is 41.3 Å². The number of rotatable bonds is 3. The van der Waals surface area contributed by atoms with Gasteiger partial charge in [-0.15, -0.1) is 0 Å². The van der Waals surface area contributed by atoms with Crippen molar-refractivity contribution in [3.63, 3.8) is 0 Å². The Morgan fingerprint density at radius 2 is 1.89 bits per heavy atom. The summed E-state index contributed by atoms with van der Waals surface area (Å²) in [5.41, 5.74) is 4.53. The third kappa shape index (κ3) is 2.69. The number of aromatic amines is 1. The number of sulfonamides is 1. The highest BCUT2D eigenvalue weighted by Crippen LogP contribution is 2.36. The third-order valence-electron chi connectivity index (χ3n) is 5.61. The lowest BCUT2D eigenvalue weighted by atomic mass is 9.99. The molecule has 6 nitrogen and oxygen atoms in total. The second-order valence-corrected chi connectivity index (χ2v) is 9.58. The van der Waals surface area contributed by atoms with Crippen LogP contribution in [0.5, 0.6) is 11.5 Å². The van der Waals surface area contributed by atoms with E-state index >= 15 is 0 Å². The van der Waals surface area contributed by atoms with Gasteiger partial charge in [-0.3, -0.25) is 0 Å². The summed E-state index contributed by atoms with van der Waals surface area (Å²) in [5, 5.41) is 1.12. The van der Waals surface area contributed by atoms with Crippen molar-refractivity contribution in [3.8, 4) is 11.5 Å². The molecule has 0 spiro atoms. The van der Waals surface area contributed by atoms with E-state index in [0.717, 1.165) is 22.2 Å². The van der Waals surface area contributed by atoms with Gasteiger partial charge in [0.2, 0.25) is 16.8 Å². The van der Waals surface area contributed by atoms with E-state index in [0.29, 0.717) is 36.9 Å². The molecule has 28 heavy (non-hydrogen) atoms. The summed E-state index contributed by atoms with van der Waals surface area (Å²) in [6, 6.07) is 11.2. The highest BCUT2D eigenvalue weighted by Gasteiger charge is 2.31. The second-order valence-electron chi connectivity index (χ2n) is 7.65. The quantitative estimate of drug-likeness (QED) is 0.729. The summed E-state index contributed by atoms with van der Waals surface area (Å²) in [6.45, 7) is 5.27. The van der Waals surface area contributed by atoms with E-state index < -0.39 is 10.0 Å². The first-order chi connectivity index (χ1) is 13.4. The number of benzene rings is 2. The van der Waals surface area contributed by atoms with Crippen LogP contribution >= 0.6 is 0 Å². The molecule has 0 unspecified atom stereocenters. The molecule has 2 aromatic carbocycles. The van der Waals surface area contributed by atoms with Crippen LogP contribution in [-0.4, -0.2) is 31.0 Å². The molecule has 146 valence electrons. The molecule has 1 aromatic heterocycles. The van der Waals surface area contributed by atoms with Crippen molar-refractivity contribution in [1.29, 1.82) is 0 Å². The van der Waals surface area contributed by atoms with E-state index in [9.17, 15) is 8.42 Å². The lowest BCUT2D eigenvalue weighted by Crippen LogP contribution is -2.35. The van der Waals surface area contributed by atoms with E-state index in [2.05, 4.69) is 37.0 Å². The molecule has 0 saturated heterocycles. The van der Waals surface area contributed by atoms with Crippen LogP contribution in [0.2, 0.25) is 0 Å². The number of aromatic nitrogens is 1. The van der Waals surface area contributed by atoms with Crippen LogP contribution in [0.4, 0.5) is 0 Å².